The Kier molecular flexibility index (Phi) is 4.45. The van der Waals surface area contributed by atoms with Crippen molar-refractivity contribution in [3.63, 3.8) is 0 Å². The van der Waals surface area contributed by atoms with Crippen LogP contribution in [0.3, 0.4) is 0 Å². The summed E-state index contributed by atoms with van der Waals surface area (Å²) in [5.41, 5.74) is 5.74. The van der Waals surface area contributed by atoms with Crippen LogP contribution in [0.25, 0.3) is 0 Å². The van der Waals surface area contributed by atoms with Crippen molar-refractivity contribution in [2.45, 2.75) is 11.3 Å². The van der Waals surface area contributed by atoms with E-state index in [0.717, 1.165) is 4.90 Å². The van der Waals surface area contributed by atoms with E-state index in [-0.39, 0.29) is 11.5 Å². The number of thioether (sulfide) groups is 1. The number of nitrogens with two attached hydrogens (primary N) is 1. The third kappa shape index (κ3) is 4.73. The lowest BCUT2D eigenvalue weighted by Gasteiger charge is -2.03. The Balaban J connectivity index is 2.41. The summed E-state index contributed by atoms with van der Waals surface area (Å²) in [6.07, 6.45) is 0.356. The Labute approximate surface area is 98.4 Å². The van der Waals surface area contributed by atoms with Crippen LogP contribution in [-0.2, 0) is 10.1 Å². The lowest BCUT2D eigenvalue weighted by atomic mass is 10.3. The minimum absolute atomic E-state index is 0.0137. The molecule has 7 heteroatoms. The Hall–Kier alpha value is -0.920. The van der Waals surface area contributed by atoms with Crippen molar-refractivity contribution < 1.29 is 18.1 Å². The van der Waals surface area contributed by atoms with Gasteiger partial charge in [0.1, 0.15) is 5.75 Å². The Bertz CT molecular complexity index is 459. The molecule has 0 spiro atoms. The van der Waals surface area contributed by atoms with E-state index in [9.17, 15) is 13.5 Å². The summed E-state index contributed by atoms with van der Waals surface area (Å²) in [7, 11) is -3.88. The van der Waals surface area contributed by atoms with Gasteiger partial charge in [0.15, 0.2) is 0 Å². The van der Waals surface area contributed by atoms with Crippen molar-refractivity contribution >= 4 is 27.6 Å². The highest BCUT2D eigenvalue weighted by Gasteiger charge is 2.04. The topological polar surface area (TPSA) is 101 Å². The number of aromatic hydroxyl groups is 1. The number of benzene rings is 1. The standard InChI is InChI=1S/C9H13NO4S2/c10-8-3-2-7(6-9(8)11)15-4-1-5-16(12,13)14/h2-3,6,11H,1,4-5,10H2,(H,12,13,14). The molecule has 90 valence electrons. The highest BCUT2D eigenvalue weighted by molar-refractivity contribution is 7.99. The summed E-state index contributed by atoms with van der Waals surface area (Å²) in [4.78, 5) is 0.807. The van der Waals surface area contributed by atoms with Gasteiger partial charge in [0.2, 0.25) is 0 Å². The molecule has 0 radical (unpaired) electrons. The van der Waals surface area contributed by atoms with Crippen LogP contribution in [0.1, 0.15) is 6.42 Å². The van der Waals surface area contributed by atoms with Gasteiger partial charge in [-0.15, -0.1) is 11.8 Å². The lowest BCUT2D eigenvalue weighted by molar-refractivity contribution is 0.476. The fraction of sp³-hybridized carbons (Fsp3) is 0.333. The van der Waals surface area contributed by atoms with Gasteiger partial charge < -0.3 is 10.8 Å². The highest BCUT2D eigenvalue weighted by atomic mass is 32.2. The summed E-state index contributed by atoms with van der Waals surface area (Å²) in [5.74, 6) is 0.309. The Morgan fingerprint density at radius 1 is 1.38 bits per heavy atom. The van der Waals surface area contributed by atoms with Crippen molar-refractivity contribution in [2.24, 2.45) is 0 Å². The minimum Gasteiger partial charge on any atom is -0.506 e. The predicted octanol–water partition coefficient (Wildman–Crippen LogP) is 1.34. The SMILES string of the molecule is Nc1ccc(SCCCS(=O)(=O)O)cc1O. The van der Waals surface area contributed by atoms with Crippen molar-refractivity contribution in [3.05, 3.63) is 18.2 Å². The van der Waals surface area contributed by atoms with Crippen LogP contribution in [0.4, 0.5) is 5.69 Å². The fourth-order valence-electron chi connectivity index (χ4n) is 1.04. The molecule has 0 amide bonds. The molecule has 1 rings (SSSR count). The van der Waals surface area contributed by atoms with Gasteiger partial charge >= 0.3 is 0 Å². The van der Waals surface area contributed by atoms with Crippen molar-refractivity contribution in [2.75, 3.05) is 17.2 Å². The molecule has 0 unspecified atom stereocenters. The maximum atomic E-state index is 10.4. The molecule has 0 atom stereocenters. The van der Waals surface area contributed by atoms with E-state index in [1.165, 1.54) is 17.8 Å². The summed E-state index contributed by atoms with van der Waals surface area (Å²) in [6.45, 7) is 0. The van der Waals surface area contributed by atoms with Gasteiger partial charge in [0.25, 0.3) is 10.1 Å². The third-order valence-electron chi connectivity index (χ3n) is 1.82. The van der Waals surface area contributed by atoms with Gasteiger partial charge in [-0.05, 0) is 30.4 Å². The Morgan fingerprint density at radius 2 is 2.06 bits per heavy atom. The monoisotopic (exact) mass is 263 g/mol. The molecular weight excluding hydrogens is 250 g/mol. The molecule has 0 saturated heterocycles. The maximum Gasteiger partial charge on any atom is 0.264 e. The molecule has 0 heterocycles. The summed E-state index contributed by atoms with van der Waals surface area (Å²) in [6, 6.07) is 4.85. The van der Waals surface area contributed by atoms with E-state index in [1.54, 1.807) is 12.1 Å². The van der Waals surface area contributed by atoms with Gasteiger partial charge in [-0.1, -0.05) is 0 Å². The number of hydrogen-bond donors (Lipinski definition) is 3. The van der Waals surface area contributed by atoms with Crippen molar-refractivity contribution in [1.29, 1.82) is 0 Å². The van der Waals surface area contributed by atoms with Gasteiger partial charge in [-0.3, -0.25) is 4.55 Å². The first-order valence-electron chi connectivity index (χ1n) is 4.55. The molecule has 1 aromatic rings. The van der Waals surface area contributed by atoms with Crippen LogP contribution in [0.2, 0.25) is 0 Å². The Morgan fingerprint density at radius 3 is 2.62 bits per heavy atom. The van der Waals surface area contributed by atoms with Crippen molar-refractivity contribution in [3.8, 4) is 5.75 Å². The van der Waals surface area contributed by atoms with Crippen molar-refractivity contribution in [1.82, 2.24) is 0 Å². The average molecular weight is 263 g/mol. The quantitative estimate of drug-likeness (QED) is 0.244. The number of nitrogen functional groups attached to an aromatic ring is 1. The largest absolute Gasteiger partial charge is 0.506 e. The number of anilines is 1. The van der Waals surface area contributed by atoms with Gasteiger partial charge in [0.05, 0.1) is 11.4 Å². The number of hydrogen-bond acceptors (Lipinski definition) is 5. The second kappa shape index (κ2) is 5.42. The fourth-order valence-corrected chi connectivity index (χ4v) is 2.62. The summed E-state index contributed by atoms with van der Waals surface area (Å²) < 4.78 is 29.4. The molecule has 0 bridgehead atoms. The minimum atomic E-state index is -3.88. The molecule has 0 aliphatic carbocycles. The molecule has 0 aliphatic rings. The van der Waals surface area contributed by atoms with E-state index in [2.05, 4.69) is 0 Å². The molecule has 1 aromatic carbocycles. The molecule has 0 saturated carbocycles. The molecule has 0 aliphatic heterocycles. The van der Waals surface area contributed by atoms with E-state index < -0.39 is 10.1 Å². The van der Waals surface area contributed by atoms with Crippen LogP contribution < -0.4 is 5.73 Å². The lowest BCUT2D eigenvalue weighted by Crippen LogP contribution is -2.04. The molecule has 0 fully saturated rings. The van der Waals surface area contributed by atoms with Crippen LogP contribution in [0.5, 0.6) is 5.75 Å². The zero-order valence-electron chi connectivity index (χ0n) is 8.46. The van der Waals surface area contributed by atoms with Gasteiger partial charge in [0, 0.05) is 4.90 Å². The molecule has 4 N–H and O–H groups in total. The smallest absolute Gasteiger partial charge is 0.264 e. The van der Waals surface area contributed by atoms with Crippen LogP contribution in [-0.4, -0.2) is 29.6 Å². The molecule has 5 nitrogen and oxygen atoms in total. The predicted molar refractivity (Wildman–Crippen MR) is 64.3 cm³/mol. The van der Waals surface area contributed by atoms with Gasteiger partial charge in [-0.2, -0.15) is 8.42 Å². The van der Waals surface area contributed by atoms with E-state index in [1.807, 2.05) is 0 Å². The zero-order valence-corrected chi connectivity index (χ0v) is 10.1. The second-order valence-electron chi connectivity index (χ2n) is 3.21. The number of phenols is 1. The first-order valence-corrected chi connectivity index (χ1v) is 7.14. The van der Waals surface area contributed by atoms with Crippen LogP contribution in [0, 0.1) is 0 Å². The van der Waals surface area contributed by atoms with Gasteiger partial charge in [-0.25, -0.2) is 0 Å². The first-order chi connectivity index (χ1) is 7.38. The first kappa shape index (κ1) is 13.1. The normalized spacial score (nSPS) is 11.6. The summed E-state index contributed by atoms with van der Waals surface area (Å²) >= 11 is 1.39. The maximum absolute atomic E-state index is 10.4. The third-order valence-corrected chi connectivity index (χ3v) is 3.70. The van der Waals surface area contributed by atoms with E-state index >= 15 is 0 Å². The average Bonchev–Trinajstić information content (AvgIpc) is 2.17. The second-order valence-corrected chi connectivity index (χ2v) is 5.95. The van der Waals surface area contributed by atoms with E-state index in [0.29, 0.717) is 17.9 Å². The molecule has 0 aromatic heterocycles. The number of phenolic OH excluding ortho intramolecular Hbond substituents is 1. The van der Waals surface area contributed by atoms with Crippen LogP contribution >= 0.6 is 11.8 Å². The molecular formula is C9H13NO4S2. The summed E-state index contributed by atoms with van der Waals surface area (Å²) in [5, 5.41) is 9.31. The molecule has 16 heavy (non-hydrogen) atoms. The number of rotatable bonds is 5. The van der Waals surface area contributed by atoms with E-state index in [4.69, 9.17) is 10.3 Å². The highest BCUT2D eigenvalue weighted by Crippen LogP contribution is 2.27. The zero-order chi connectivity index (χ0) is 12.2. The van der Waals surface area contributed by atoms with Crippen LogP contribution in [0.15, 0.2) is 23.1 Å².